The highest BCUT2D eigenvalue weighted by Gasteiger charge is 2.11. The van der Waals surface area contributed by atoms with E-state index in [-0.39, 0.29) is 5.75 Å². The van der Waals surface area contributed by atoms with Crippen LogP contribution in [-0.4, -0.2) is 24.4 Å². The van der Waals surface area contributed by atoms with Crippen LogP contribution in [0.1, 0.15) is 18.4 Å². The van der Waals surface area contributed by atoms with Crippen molar-refractivity contribution in [3.8, 4) is 5.75 Å². The molecule has 1 N–H and O–H groups in total. The summed E-state index contributed by atoms with van der Waals surface area (Å²) in [4.78, 5) is 6.69. The quantitative estimate of drug-likeness (QED) is 0.853. The molecule has 2 aromatic rings. The van der Waals surface area contributed by atoms with E-state index in [2.05, 4.69) is 22.0 Å². The molecule has 0 aromatic heterocycles. The molecule has 0 spiro atoms. The largest absolute Gasteiger partial charge is 0.506 e. The summed E-state index contributed by atoms with van der Waals surface area (Å²) in [5, 5.41) is 10.3. The monoisotopic (exact) mass is 300 g/mol. The zero-order valence-electron chi connectivity index (χ0n) is 11.7. The molecule has 3 nitrogen and oxygen atoms in total. The van der Waals surface area contributed by atoms with Crippen molar-refractivity contribution in [2.24, 2.45) is 4.99 Å². The van der Waals surface area contributed by atoms with Gasteiger partial charge in [0.1, 0.15) is 11.4 Å². The van der Waals surface area contributed by atoms with Crippen LogP contribution in [0.5, 0.6) is 5.75 Å². The van der Waals surface area contributed by atoms with E-state index in [0.717, 1.165) is 18.7 Å². The lowest BCUT2D eigenvalue weighted by Gasteiger charge is -2.17. The lowest BCUT2D eigenvalue weighted by atomic mass is 10.2. The first-order valence-corrected chi connectivity index (χ1v) is 7.48. The molecule has 21 heavy (non-hydrogen) atoms. The number of anilines is 1. The zero-order valence-corrected chi connectivity index (χ0v) is 12.4. The fourth-order valence-electron chi connectivity index (χ4n) is 2.50. The fourth-order valence-corrected chi connectivity index (χ4v) is 2.66. The van der Waals surface area contributed by atoms with Crippen LogP contribution in [0.4, 0.5) is 11.4 Å². The molecule has 1 fully saturated rings. The first-order valence-electron chi connectivity index (χ1n) is 7.10. The number of benzene rings is 2. The summed E-state index contributed by atoms with van der Waals surface area (Å²) in [5.41, 5.74) is 2.79. The topological polar surface area (TPSA) is 35.8 Å². The molecule has 1 heterocycles. The van der Waals surface area contributed by atoms with Gasteiger partial charge in [-0.2, -0.15) is 0 Å². The molecule has 1 aliphatic rings. The number of rotatable bonds is 3. The van der Waals surface area contributed by atoms with Gasteiger partial charge in [0.25, 0.3) is 0 Å². The van der Waals surface area contributed by atoms with Gasteiger partial charge in [0.2, 0.25) is 0 Å². The lowest BCUT2D eigenvalue weighted by molar-refractivity contribution is 0.477. The minimum atomic E-state index is 0.0902. The van der Waals surface area contributed by atoms with Crippen molar-refractivity contribution >= 4 is 29.2 Å². The summed E-state index contributed by atoms with van der Waals surface area (Å²) in [7, 11) is 0. The standard InChI is InChI=1S/C17H17ClN2O/c18-14-5-8-16(17(21)11-14)19-12-13-3-6-15(7-4-13)20-9-1-2-10-20/h3-8,11-12,21H,1-2,9-10H2. The minimum absolute atomic E-state index is 0.0902. The molecule has 0 saturated carbocycles. The first-order chi connectivity index (χ1) is 10.2. The minimum Gasteiger partial charge on any atom is -0.506 e. The van der Waals surface area contributed by atoms with Gasteiger partial charge in [0.15, 0.2) is 0 Å². The summed E-state index contributed by atoms with van der Waals surface area (Å²) >= 11 is 5.80. The van der Waals surface area contributed by atoms with Gasteiger partial charge < -0.3 is 10.0 Å². The first kappa shape index (κ1) is 14.0. The molecule has 3 rings (SSSR count). The molecular weight excluding hydrogens is 284 g/mol. The predicted octanol–water partition coefficient (Wildman–Crippen LogP) is 4.40. The number of halogens is 1. The Bertz CT molecular complexity index is 646. The second-order valence-electron chi connectivity index (χ2n) is 5.18. The predicted molar refractivity (Wildman–Crippen MR) is 88.3 cm³/mol. The molecule has 1 aliphatic heterocycles. The van der Waals surface area contributed by atoms with Crippen molar-refractivity contribution in [3.63, 3.8) is 0 Å². The maximum atomic E-state index is 9.75. The van der Waals surface area contributed by atoms with Gasteiger partial charge in [-0.25, -0.2) is 0 Å². The van der Waals surface area contributed by atoms with E-state index in [1.807, 2.05) is 12.1 Å². The van der Waals surface area contributed by atoms with Crippen LogP contribution in [0.25, 0.3) is 0 Å². The van der Waals surface area contributed by atoms with Crippen LogP contribution in [0.2, 0.25) is 5.02 Å². The van der Waals surface area contributed by atoms with Crippen molar-refractivity contribution in [2.45, 2.75) is 12.8 Å². The SMILES string of the molecule is Oc1cc(Cl)ccc1N=Cc1ccc(N2CCCC2)cc1. The number of aromatic hydroxyl groups is 1. The number of phenolic OH excluding ortho intramolecular Hbond substituents is 1. The second kappa shape index (κ2) is 6.19. The van der Waals surface area contributed by atoms with E-state index in [4.69, 9.17) is 11.6 Å². The maximum absolute atomic E-state index is 9.75. The molecule has 2 aromatic carbocycles. The number of nitrogens with zero attached hydrogens (tertiary/aromatic N) is 2. The lowest BCUT2D eigenvalue weighted by Crippen LogP contribution is -2.17. The molecule has 0 amide bonds. The van der Waals surface area contributed by atoms with E-state index >= 15 is 0 Å². The molecule has 0 bridgehead atoms. The van der Waals surface area contributed by atoms with Gasteiger partial charge in [-0.1, -0.05) is 23.7 Å². The summed E-state index contributed by atoms with van der Waals surface area (Å²) in [6, 6.07) is 13.2. The zero-order chi connectivity index (χ0) is 14.7. The van der Waals surface area contributed by atoms with Crippen molar-refractivity contribution < 1.29 is 5.11 Å². The van der Waals surface area contributed by atoms with E-state index < -0.39 is 0 Å². The van der Waals surface area contributed by atoms with Crippen LogP contribution in [0.3, 0.4) is 0 Å². The third kappa shape index (κ3) is 3.37. The highest BCUT2D eigenvalue weighted by Crippen LogP contribution is 2.29. The van der Waals surface area contributed by atoms with Gasteiger partial charge in [-0.05, 0) is 42.7 Å². The van der Waals surface area contributed by atoms with E-state index in [0.29, 0.717) is 10.7 Å². The van der Waals surface area contributed by atoms with Crippen molar-refractivity contribution in [3.05, 3.63) is 53.1 Å². The molecule has 108 valence electrons. The van der Waals surface area contributed by atoms with Crippen LogP contribution in [-0.2, 0) is 0 Å². The van der Waals surface area contributed by atoms with Gasteiger partial charge in [0, 0.05) is 36.1 Å². The fraction of sp³-hybridized carbons (Fsp3) is 0.235. The van der Waals surface area contributed by atoms with Gasteiger partial charge in [0.05, 0.1) is 0 Å². The van der Waals surface area contributed by atoms with Crippen molar-refractivity contribution in [1.82, 2.24) is 0 Å². The van der Waals surface area contributed by atoms with E-state index in [1.165, 1.54) is 24.6 Å². The Morgan fingerprint density at radius 1 is 1.05 bits per heavy atom. The molecule has 0 atom stereocenters. The van der Waals surface area contributed by atoms with Crippen LogP contribution in [0, 0.1) is 0 Å². The summed E-state index contributed by atoms with van der Waals surface area (Å²) < 4.78 is 0. The highest BCUT2D eigenvalue weighted by molar-refractivity contribution is 6.30. The Hall–Kier alpha value is -2.00. The third-order valence-electron chi connectivity index (χ3n) is 3.65. The Labute approximate surface area is 129 Å². The Morgan fingerprint density at radius 3 is 2.43 bits per heavy atom. The molecular formula is C17H17ClN2O. The number of hydrogen-bond donors (Lipinski definition) is 1. The summed E-state index contributed by atoms with van der Waals surface area (Å²) in [6.45, 7) is 2.29. The summed E-state index contributed by atoms with van der Waals surface area (Å²) in [6.07, 6.45) is 4.30. The number of hydrogen-bond acceptors (Lipinski definition) is 3. The smallest absolute Gasteiger partial charge is 0.142 e. The molecule has 0 radical (unpaired) electrons. The highest BCUT2D eigenvalue weighted by atomic mass is 35.5. The van der Waals surface area contributed by atoms with Gasteiger partial charge >= 0.3 is 0 Å². The van der Waals surface area contributed by atoms with E-state index in [1.54, 1.807) is 18.3 Å². The van der Waals surface area contributed by atoms with Crippen LogP contribution in [0.15, 0.2) is 47.5 Å². The van der Waals surface area contributed by atoms with Crippen LogP contribution >= 0.6 is 11.6 Å². The molecule has 1 saturated heterocycles. The molecule has 0 unspecified atom stereocenters. The van der Waals surface area contributed by atoms with E-state index in [9.17, 15) is 5.11 Å². The average Bonchev–Trinajstić information content (AvgIpc) is 3.01. The second-order valence-corrected chi connectivity index (χ2v) is 5.61. The van der Waals surface area contributed by atoms with Crippen molar-refractivity contribution in [1.29, 1.82) is 0 Å². The number of aliphatic imine (C=N–C) groups is 1. The maximum Gasteiger partial charge on any atom is 0.142 e. The van der Waals surface area contributed by atoms with Gasteiger partial charge in [-0.15, -0.1) is 0 Å². The third-order valence-corrected chi connectivity index (χ3v) is 3.89. The van der Waals surface area contributed by atoms with Crippen LogP contribution < -0.4 is 4.90 Å². The molecule has 4 heteroatoms. The Balaban J connectivity index is 1.73. The normalized spacial score (nSPS) is 15.0. The number of phenols is 1. The van der Waals surface area contributed by atoms with Gasteiger partial charge in [-0.3, -0.25) is 4.99 Å². The Kier molecular flexibility index (Phi) is 4.11. The Morgan fingerprint density at radius 2 is 1.76 bits per heavy atom. The molecule has 0 aliphatic carbocycles. The average molecular weight is 301 g/mol. The van der Waals surface area contributed by atoms with Crippen molar-refractivity contribution in [2.75, 3.05) is 18.0 Å². The summed E-state index contributed by atoms with van der Waals surface area (Å²) in [5.74, 6) is 0.0902.